The largest absolute Gasteiger partial charge is 0.309 e. The van der Waals surface area contributed by atoms with E-state index < -0.39 is 24.2 Å². The van der Waals surface area contributed by atoms with Gasteiger partial charge in [0.1, 0.15) is 0 Å². The summed E-state index contributed by atoms with van der Waals surface area (Å²) >= 11 is 0. The summed E-state index contributed by atoms with van der Waals surface area (Å²) in [7, 11) is 0. The average molecular weight is 402 g/mol. The second-order valence-electron chi connectivity index (χ2n) is 7.60. The number of aromatic nitrogens is 1. The lowest BCUT2D eigenvalue weighted by atomic mass is 9.94. The summed E-state index contributed by atoms with van der Waals surface area (Å²) in [4.78, 5) is 0. The van der Waals surface area contributed by atoms with Crippen LogP contribution in [0.2, 0.25) is 0 Å². The SMILES string of the molecule is [2H]c1c([2H])c([2H])c2c(c1[2H])c1c([2H])c([2H])c([2H])c([2H])c1n2-c1ccc2c3ccccc3c3ccccc3c2c1. The zero-order valence-corrected chi connectivity index (χ0v) is 16.3. The molecule has 0 aliphatic heterocycles. The van der Waals surface area contributed by atoms with Gasteiger partial charge in [-0.15, -0.1) is 0 Å². The van der Waals surface area contributed by atoms with Gasteiger partial charge in [0.25, 0.3) is 0 Å². The van der Waals surface area contributed by atoms with Crippen LogP contribution in [-0.4, -0.2) is 4.57 Å². The molecule has 0 saturated carbocycles. The van der Waals surface area contributed by atoms with Gasteiger partial charge in [0, 0.05) is 16.5 Å². The smallest absolute Gasteiger partial charge is 0.0645 e. The summed E-state index contributed by atoms with van der Waals surface area (Å²) in [5.74, 6) is 0. The fourth-order valence-electron chi connectivity index (χ4n) is 4.71. The quantitative estimate of drug-likeness (QED) is 0.244. The van der Waals surface area contributed by atoms with Gasteiger partial charge >= 0.3 is 0 Å². The van der Waals surface area contributed by atoms with Gasteiger partial charge in [-0.3, -0.25) is 0 Å². The summed E-state index contributed by atoms with van der Waals surface area (Å²) in [6.07, 6.45) is 0. The van der Waals surface area contributed by atoms with Crippen molar-refractivity contribution in [3.63, 3.8) is 0 Å². The van der Waals surface area contributed by atoms with Crippen LogP contribution in [0, 0.1) is 0 Å². The standard InChI is InChI=1S/C30H19N/c1-2-11-23-21(9-1)22-10-3-4-12-24(22)28-19-20(17-18-25(23)28)31-29-15-7-5-13-26(29)27-14-6-8-16-30(27)31/h1-19H/i5D,6D,7D,8D,13D,14D,15D,16D. The minimum Gasteiger partial charge on any atom is -0.309 e. The molecule has 0 bridgehead atoms. The fourth-order valence-corrected chi connectivity index (χ4v) is 4.71. The number of para-hydroxylation sites is 2. The van der Waals surface area contributed by atoms with E-state index in [9.17, 15) is 0 Å². The number of hydrogen-bond donors (Lipinski definition) is 0. The number of fused-ring (bicyclic) bond motifs is 9. The van der Waals surface area contributed by atoms with Crippen LogP contribution in [0.25, 0.3) is 59.8 Å². The van der Waals surface area contributed by atoms with Crippen molar-refractivity contribution >= 4 is 54.1 Å². The summed E-state index contributed by atoms with van der Waals surface area (Å²) < 4.78 is 69.6. The molecule has 1 heterocycles. The number of hydrogen-bond acceptors (Lipinski definition) is 0. The van der Waals surface area contributed by atoms with E-state index in [1.54, 1.807) is 4.57 Å². The molecule has 1 aromatic heterocycles. The molecule has 1 heteroatoms. The van der Waals surface area contributed by atoms with E-state index in [0.717, 1.165) is 32.3 Å². The monoisotopic (exact) mass is 401 g/mol. The van der Waals surface area contributed by atoms with Gasteiger partial charge in [-0.05, 0) is 56.5 Å². The third-order valence-electron chi connectivity index (χ3n) is 6.02. The second kappa shape index (κ2) is 6.20. The van der Waals surface area contributed by atoms with Crippen LogP contribution in [0.4, 0.5) is 0 Å². The molecule has 0 N–H and O–H groups in total. The van der Waals surface area contributed by atoms with Crippen molar-refractivity contribution in [1.29, 1.82) is 0 Å². The molecule has 1 nitrogen and oxygen atoms in total. The van der Waals surface area contributed by atoms with E-state index in [0.29, 0.717) is 5.69 Å². The molecule has 0 aliphatic rings. The number of benzene rings is 6. The third-order valence-corrected chi connectivity index (χ3v) is 6.02. The van der Waals surface area contributed by atoms with Crippen molar-refractivity contribution < 1.29 is 11.0 Å². The summed E-state index contributed by atoms with van der Waals surface area (Å²) in [6.45, 7) is 0. The zero-order valence-electron chi connectivity index (χ0n) is 24.3. The maximum absolute atomic E-state index is 8.77. The lowest BCUT2D eigenvalue weighted by Crippen LogP contribution is -1.94. The van der Waals surface area contributed by atoms with E-state index in [4.69, 9.17) is 11.0 Å². The first-order valence-corrected chi connectivity index (χ1v) is 10.1. The number of rotatable bonds is 1. The molecular weight excluding hydrogens is 374 g/mol. The topological polar surface area (TPSA) is 4.93 Å². The molecule has 7 aromatic rings. The Morgan fingerprint density at radius 3 is 1.45 bits per heavy atom. The third kappa shape index (κ3) is 2.26. The molecule has 7 rings (SSSR count). The maximum atomic E-state index is 8.77. The van der Waals surface area contributed by atoms with Crippen LogP contribution in [0.5, 0.6) is 0 Å². The first kappa shape index (κ1) is 10.8. The predicted molar refractivity (Wildman–Crippen MR) is 133 cm³/mol. The molecule has 0 fully saturated rings. The minimum absolute atomic E-state index is 0.0754. The average Bonchev–Trinajstić information content (AvgIpc) is 3.33. The Balaban J connectivity index is 1.74. The highest BCUT2D eigenvalue weighted by Gasteiger charge is 2.13. The van der Waals surface area contributed by atoms with Crippen molar-refractivity contribution in [2.24, 2.45) is 0 Å². The molecule has 0 atom stereocenters. The Labute approximate surface area is 191 Å². The fraction of sp³-hybridized carbons (Fsp3) is 0. The van der Waals surface area contributed by atoms with E-state index in [1.807, 2.05) is 48.5 Å². The van der Waals surface area contributed by atoms with Crippen LogP contribution in [-0.2, 0) is 0 Å². The van der Waals surface area contributed by atoms with Crippen LogP contribution in [0.15, 0.2) is 115 Å². The van der Waals surface area contributed by atoms with Gasteiger partial charge in [0.15, 0.2) is 0 Å². The van der Waals surface area contributed by atoms with Crippen LogP contribution < -0.4 is 0 Å². The Hall–Kier alpha value is -4.10. The van der Waals surface area contributed by atoms with Crippen molar-refractivity contribution in [3.05, 3.63) is 115 Å². The van der Waals surface area contributed by atoms with Crippen molar-refractivity contribution in [1.82, 2.24) is 4.57 Å². The second-order valence-corrected chi connectivity index (χ2v) is 7.60. The zero-order chi connectivity index (χ0) is 27.3. The van der Waals surface area contributed by atoms with Gasteiger partial charge in [0.2, 0.25) is 0 Å². The first-order valence-electron chi connectivity index (χ1n) is 14.1. The van der Waals surface area contributed by atoms with Crippen molar-refractivity contribution in [2.75, 3.05) is 0 Å². The highest BCUT2D eigenvalue weighted by Crippen LogP contribution is 2.38. The lowest BCUT2D eigenvalue weighted by molar-refractivity contribution is 1.19. The van der Waals surface area contributed by atoms with Crippen LogP contribution in [0.1, 0.15) is 11.0 Å². The Kier molecular flexibility index (Phi) is 2.16. The molecular formula is C30H19N. The molecule has 0 aliphatic carbocycles. The number of nitrogens with zero attached hydrogens (tertiary/aromatic N) is 1. The summed E-state index contributed by atoms with van der Waals surface area (Å²) in [5, 5.41) is 6.37. The maximum Gasteiger partial charge on any atom is 0.0645 e. The molecule has 0 saturated heterocycles. The lowest BCUT2D eigenvalue weighted by Gasteiger charge is -2.13. The normalized spacial score (nSPS) is 15.5. The molecule has 0 unspecified atom stereocenters. The van der Waals surface area contributed by atoms with Gasteiger partial charge < -0.3 is 4.57 Å². The van der Waals surface area contributed by atoms with E-state index >= 15 is 0 Å². The molecule has 6 aromatic carbocycles. The molecule has 144 valence electrons. The van der Waals surface area contributed by atoms with Crippen LogP contribution >= 0.6 is 0 Å². The van der Waals surface area contributed by atoms with E-state index in [2.05, 4.69) is 18.2 Å². The van der Waals surface area contributed by atoms with Gasteiger partial charge in [0.05, 0.1) is 22.0 Å². The molecule has 0 spiro atoms. The first-order chi connectivity index (χ1) is 18.7. The Bertz CT molecular complexity index is 2100. The highest BCUT2D eigenvalue weighted by atomic mass is 15.0. The van der Waals surface area contributed by atoms with Crippen molar-refractivity contribution in [2.45, 2.75) is 0 Å². The van der Waals surface area contributed by atoms with Gasteiger partial charge in [-0.1, -0.05) is 90.9 Å². The molecule has 0 amide bonds. The van der Waals surface area contributed by atoms with Crippen LogP contribution in [0.3, 0.4) is 0 Å². The van der Waals surface area contributed by atoms with E-state index in [-0.39, 0.29) is 46.0 Å². The Morgan fingerprint density at radius 2 is 0.903 bits per heavy atom. The summed E-state index contributed by atoms with van der Waals surface area (Å²) in [5.41, 5.74) is 0.776. The summed E-state index contributed by atoms with van der Waals surface area (Å²) in [6, 6.07) is 18.9. The minimum atomic E-state index is -0.449. The molecule has 0 radical (unpaired) electrons. The van der Waals surface area contributed by atoms with E-state index in [1.165, 1.54) is 0 Å². The van der Waals surface area contributed by atoms with Gasteiger partial charge in [-0.2, -0.15) is 0 Å². The van der Waals surface area contributed by atoms with Gasteiger partial charge in [-0.25, -0.2) is 0 Å². The Morgan fingerprint density at radius 1 is 0.452 bits per heavy atom. The predicted octanol–water partition coefficient (Wildman–Crippen LogP) is 8.24. The van der Waals surface area contributed by atoms with Crippen molar-refractivity contribution in [3.8, 4) is 5.69 Å². The highest BCUT2D eigenvalue weighted by molar-refractivity contribution is 6.25. The molecule has 31 heavy (non-hydrogen) atoms.